The van der Waals surface area contributed by atoms with Crippen molar-refractivity contribution in [2.75, 3.05) is 13.2 Å². The second kappa shape index (κ2) is 7.85. The first-order chi connectivity index (χ1) is 11.3. The van der Waals surface area contributed by atoms with Crippen molar-refractivity contribution in [2.24, 2.45) is 0 Å². The van der Waals surface area contributed by atoms with Gasteiger partial charge in [-0.3, -0.25) is 10.0 Å². The number of hydrogen-bond donors (Lipinski definition) is 4. The van der Waals surface area contributed by atoms with Gasteiger partial charge in [-0.25, -0.2) is 4.79 Å². The topological polar surface area (TPSA) is 178 Å². The van der Waals surface area contributed by atoms with Gasteiger partial charge in [0.2, 0.25) is 0 Å². The standard InChI is InChI=1S/C12H17N2O10/c15-7(2-4-14(20)21)22-5-6-9(17)10(18)11(19)12(23-6)13-3-1-8(16)24-13/h1,3,6,9-12,17-20H,2,4-5H2/q-1/t6-,9-,10+,11-,12-/m1/s1. The van der Waals surface area contributed by atoms with E-state index in [-0.39, 0.29) is 0 Å². The normalized spacial score (nSPS) is 30.5. The molecule has 2 heterocycles. The highest BCUT2D eigenvalue weighted by molar-refractivity contribution is 5.69. The Morgan fingerprint density at radius 2 is 2.04 bits per heavy atom. The van der Waals surface area contributed by atoms with Crippen LogP contribution in [0.1, 0.15) is 12.6 Å². The molecule has 4 N–H and O–H groups in total. The molecule has 0 spiro atoms. The summed E-state index contributed by atoms with van der Waals surface area (Å²) in [6, 6.07) is 1.06. The lowest BCUT2D eigenvalue weighted by Gasteiger charge is -2.39. The molecule has 1 aliphatic rings. The van der Waals surface area contributed by atoms with Crippen molar-refractivity contribution >= 4 is 5.97 Å². The molecular formula is C12H17N2O10-. The smallest absolute Gasteiger partial charge is 0.357 e. The summed E-state index contributed by atoms with van der Waals surface area (Å²) in [6.45, 7) is -0.985. The van der Waals surface area contributed by atoms with Crippen molar-refractivity contribution in [1.82, 2.24) is 9.97 Å². The predicted molar refractivity (Wildman–Crippen MR) is 72.3 cm³/mol. The zero-order valence-electron chi connectivity index (χ0n) is 12.3. The molecule has 1 fully saturated rings. The maximum atomic E-state index is 11.4. The number of aromatic nitrogens is 1. The molecule has 1 saturated heterocycles. The number of hydroxylamine groups is 2. The molecule has 136 valence electrons. The summed E-state index contributed by atoms with van der Waals surface area (Å²) in [6.07, 6.45) is -6.56. The molecule has 0 unspecified atom stereocenters. The molecule has 1 aliphatic heterocycles. The Morgan fingerprint density at radius 3 is 2.62 bits per heavy atom. The summed E-state index contributed by atoms with van der Waals surface area (Å²) in [5.41, 5.74) is -0.708. The van der Waals surface area contributed by atoms with Crippen LogP contribution in [-0.2, 0) is 14.3 Å². The van der Waals surface area contributed by atoms with E-state index >= 15 is 0 Å². The third-order valence-electron chi connectivity index (χ3n) is 3.41. The van der Waals surface area contributed by atoms with Gasteiger partial charge in [-0.15, -0.1) is 0 Å². The van der Waals surface area contributed by atoms with Crippen molar-refractivity contribution < 1.29 is 39.3 Å². The first-order valence-corrected chi connectivity index (χ1v) is 6.97. The fourth-order valence-electron chi connectivity index (χ4n) is 2.15. The lowest BCUT2D eigenvalue weighted by molar-refractivity contribution is -0.265. The molecular weight excluding hydrogens is 332 g/mol. The van der Waals surface area contributed by atoms with Crippen LogP contribution in [0.2, 0.25) is 0 Å². The highest BCUT2D eigenvalue weighted by Crippen LogP contribution is 2.28. The molecule has 0 saturated carbocycles. The number of carbonyl (C=O) groups is 1. The van der Waals surface area contributed by atoms with E-state index in [1.54, 1.807) is 0 Å². The van der Waals surface area contributed by atoms with Gasteiger partial charge in [-0.1, -0.05) is 0 Å². The Balaban J connectivity index is 1.98. The third kappa shape index (κ3) is 4.39. The summed E-state index contributed by atoms with van der Waals surface area (Å²) >= 11 is 0. The largest absolute Gasteiger partial charge is 0.762 e. The maximum absolute atomic E-state index is 11.4. The number of ether oxygens (including phenoxy) is 2. The number of hydrogen-bond acceptors (Lipinski definition) is 11. The van der Waals surface area contributed by atoms with Crippen molar-refractivity contribution in [3.8, 4) is 0 Å². The molecule has 0 aromatic carbocycles. The molecule has 0 bridgehead atoms. The number of rotatable bonds is 6. The molecule has 12 heteroatoms. The fraction of sp³-hybridized carbons (Fsp3) is 0.667. The van der Waals surface area contributed by atoms with Crippen LogP contribution in [0.15, 0.2) is 21.6 Å². The molecule has 24 heavy (non-hydrogen) atoms. The van der Waals surface area contributed by atoms with Crippen molar-refractivity contribution in [3.63, 3.8) is 0 Å². The number of esters is 1. The predicted octanol–water partition coefficient (Wildman–Crippen LogP) is -2.46. The van der Waals surface area contributed by atoms with Crippen molar-refractivity contribution in [3.05, 3.63) is 27.9 Å². The van der Waals surface area contributed by atoms with E-state index in [9.17, 15) is 30.1 Å². The van der Waals surface area contributed by atoms with Crippen LogP contribution >= 0.6 is 0 Å². The number of aliphatic hydroxyl groups excluding tert-OH is 3. The van der Waals surface area contributed by atoms with Crippen LogP contribution in [0.25, 0.3) is 0 Å². The summed E-state index contributed by atoms with van der Waals surface area (Å²) in [5.74, 6) is -0.842. The SMILES string of the molecule is O=C(CCN([O-])O)OC[C@H]1O[C@@H](n2ccc(=O)o2)[C@H](O)[C@@H](O)[C@@H]1O. The Kier molecular flexibility index (Phi) is 6.06. The molecule has 0 aliphatic carbocycles. The van der Waals surface area contributed by atoms with E-state index < -0.39 is 67.0 Å². The van der Waals surface area contributed by atoms with Gasteiger partial charge in [0, 0.05) is 18.8 Å². The first-order valence-electron chi connectivity index (χ1n) is 6.97. The lowest BCUT2D eigenvalue weighted by Crippen LogP contribution is -2.56. The molecule has 2 rings (SSSR count). The quantitative estimate of drug-likeness (QED) is 0.316. The van der Waals surface area contributed by atoms with Gasteiger partial charge in [-0.2, -0.15) is 4.74 Å². The second-order valence-electron chi connectivity index (χ2n) is 5.13. The molecule has 1 aromatic heterocycles. The van der Waals surface area contributed by atoms with E-state index in [1.165, 1.54) is 6.20 Å². The lowest BCUT2D eigenvalue weighted by atomic mass is 9.98. The Labute approximate surface area is 134 Å². The van der Waals surface area contributed by atoms with E-state index in [0.29, 0.717) is 0 Å². The highest BCUT2D eigenvalue weighted by atomic mass is 16.8. The average Bonchev–Trinajstić information content (AvgIpc) is 2.96. The van der Waals surface area contributed by atoms with Gasteiger partial charge < -0.3 is 39.7 Å². The van der Waals surface area contributed by atoms with Gasteiger partial charge in [0.1, 0.15) is 31.0 Å². The van der Waals surface area contributed by atoms with E-state index in [0.717, 1.165) is 10.8 Å². The Bertz CT molecular complexity index is 599. The summed E-state index contributed by atoms with van der Waals surface area (Å²) in [4.78, 5) is 22.4. The maximum Gasteiger partial charge on any atom is 0.357 e. The van der Waals surface area contributed by atoms with Crippen molar-refractivity contribution in [2.45, 2.75) is 37.1 Å². The second-order valence-corrected chi connectivity index (χ2v) is 5.13. The molecule has 0 radical (unpaired) electrons. The Hall–Kier alpha value is -1.80. The van der Waals surface area contributed by atoms with Gasteiger partial charge in [0.05, 0.1) is 6.42 Å². The van der Waals surface area contributed by atoms with Crippen LogP contribution in [-0.4, -0.2) is 74.0 Å². The van der Waals surface area contributed by atoms with E-state index in [4.69, 9.17) is 19.2 Å². The minimum absolute atomic E-state index is 0.399. The molecule has 1 aromatic rings. The average molecular weight is 349 g/mol. The minimum Gasteiger partial charge on any atom is -0.762 e. The zero-order valence-corrected chi connectivity index (χ0v) is 12.3. The monoisotopic (exact) mass is 349 g/mol. The molecule has 5 atom stereocenters. The Morgan fingerprint density at radius 1 is 1.33 bits per heavy atom. The van der Waals surface area contributed by atoms with E-state index in [1.807, 2.05) is 0 Å². The summed E-state index contributed by atoms with van der Waals surface area (Å²) < 4.78 is 15.7. The van der Waals surface area contributed by atoms with Crippen LogP contribution in [0.4, 0.5) is 0 Å². The zero-order chi connectivity index (χ0) is 17.9. The number of aliphatic hydroxyl groups is 3. The van der Waals surface area contributed by atoms with Crippen LogP contribution in [0.3, 0.4) is 0 Å². The van der Waals surface area contributed by atoms with Crippen molar-refractivity contribution in [1.29, 1.82) is 0 Å². The number of nitrogens with zero attached hydrogens (tertiary/aromatic N) is 2. The summed E-state index contributed by atoms with van der Waals surface area (Å²) in [5, 5.41) is 47.9. The third-order valence-corrected chi connectivity index (χ3v) is 3.41. The van der Waals surface area contributed by atoms with Gasteiger partial charge in [0.15, 0.2) is 6.23 Å². The summed E-state index contributed by atoms with van der Waals surface area (Å²) in [7, 11) is 0. The van der Waals surface area contributed by atoms with Crippen LogP contribution in [0.5, 0.6) is 0 Å². The van der Waals surface area contributed by atoms with Gasteiger partial charge >= 0.3 is 11.6 Å². The molecule has 0 amide bonds. The highest BCUT2D eigenvalue weighted by Gasteiger charge is 2.45. The number of carbonyl (C=O) groups excluding carboxylic acids is 1. The first kappa shape index (κ1) is 18.5. The van der Waals surface area contributed by atoms with Gasteiger partial charge in [-0.05, 0) is 0 Å². The minimum atomic E-state index is -1.64. The van der Waals surface area contributed by atoms with E-state index in [2.05, 4.69) is 0 Å². The van der Waals surface area contributed by atoms with Crippen LogP contribution in [0, 0.1) is 5.21 Å². The van der Waals surface area contributed by atoms with Crippen LogP contribution < -0.4 is 5.63 Å². The molecule has 12 nitrogen and oxygen atoms in total. The van der Waals surface area contributed by atoms with Gasteiger partial charge in [0.25, 0.3) is 0 Å². The fourth-order valence-corrected chi connectivity index (χ4v) is 2.15.